The van der Waals surface area contributed by atoms with Crippen molar-refractivity contribution in [3.8, 4) is 11.4 Å². The Balaban J connectivity index is 0.00000245. The highest BCUT2D eigenvalue weighted by Gasteiger charge is 2.26. The molecule has 1 unspecified atom stereocenters. The third-order valence-electron chi connectivity index (χ3n) is 6.39. The number of benzene rings is 1. The number of hydrogen-bond donors (Lipinski definition) is 0. The van der Waals surface area contributed by atoms with Crippen molar-refractivity contribution in [3.63, 3.8) is 0 Å². The van der Waals surface area contributed by atoms with Gasteiger partial charge in [-0.15, -0.1) is 12.4 Å². The SMILES string of the molecule is CCN1CCN(c2nc(C)nc3c2nc(-c2ccccc2Cl)n3CC2CCOC2)CC1.Cl. The van der Waals surface area contributed by atoms with Gasteiger partial charge < -0.3 is 19.1 Å². The fourth-order valence-electron chi connectivity index (χ4n) is 4.60. The highest BCUT2D eigenvalue weighted by atomic mass is 35.5. The van der Waals surface area contributed by atoms with Gasteiger partial charge in [-0.3, -0.25) is 0 Å². The second kappa shape index (κ2) is 9.91. The third kappa shape index (κ3) is 4.44. The molecule has 32 heavy (non-hydrogen) atoms. The topological polar surface area (TPSA) is 59.3 Å². The first-order chi connectivity index (χ1) is 15.1. The first kappa shape index (κ1) is 23.2. The van der Waals surface area contributed by atoms with E-state index in [2.05, 4.69) is 21.3 Å². The summed E-state index contributed by atoms with van der Waals surface area (Å²) >= 11 is 6.60. The zero-order chi connectivity index (χ0) is 21.4. The lowest BCUT2D eigenvalue weighted by molar-refractivity contribution is 0.183. The van der Waals surface area contributed by atoms with Crippen molar-refractivity contribution < 1.29 is 4.74 Å². The maximum Gasteiger partial charge on any atom is 0.166 e. The van der Waals surface area contributed by atoms with Crippen LogP contribution in [-0.4, -0.2) is 70.4 Å². The zero-order valence-corrected chi connectivity index (χ0v) is 20.2. The number of aryl methyl sites for hydroxylation is 1. The Morgan fingerprint density at radius 3 is 2.56 bits per heavy atom. The molecule has 0 N–H and O–H groups in total. The number of ether oxygens (including phenoxy) is 1. The molecule has 0 spiro atoms. The van der Waals surface area contributed by atoms with Crippen LogP contribution in [0.4, 0.5) is 5.82 Å². The summed E-state index contributed by atoms with van der Waals surface area (Å²) < 4.78 is 7.88. The van der Waals surface area contributed by atoms with Crippen molar-refractivity contribution in [2.24, 2.45) is 5.92 Å². The van der Waals surface area contributed by atoms with Crippen LogP contribution in [-0.2, 0) is 11.3 Å². The van der Waals surface area contributed by atoms with E-state index in [4.69, 9.17) is 31.3 Å². The number of nitrogens with zero attached hydrogens (tertiary/aromatic N) is 6. The first-order valence-electron chi connectivity index (χ1n) is 11.2. The third-order valence-corrected chi connectivity index (χ3v) is 6.72. The summed E-state index contributed by atoms with van der Waals surface area (Å²) in [6.07, 6.45) is 1.05. The number of likely N-dealkylation sites (N-methyl/N-ethyl adjacent to an activating group) is 1. The van der Waals surface area contributed by atoms with E-state index in [1.807, 2.05) is 31.2 Å². The summed E-state index contributed by atoms with van der Waals surface area (Å²) in [5.74, 6) is 3.02. The van der Waals surface area contributed by atoms with Crippen molar-refractivity contribution in [1.82, 2.24) is 24.4 Å². The highest BCUT2D eigenvalue weighted by Crippen LogP contribution is 2.34. The molecule has 2 aliphatic rings. The zero-order valence-electron chi connectivity index (χ0n) is 18.6. The van der Waals surface area contributed by atoms with Crippen LogP contribution < -0.4 is 4.90 Å². The molecule has 2 aliphatic heterocycles. The molecule has 1 aromatic carbocycles. The number of imidazole rings is 1. The van der Waals surface area contributed by atoms with Crippen LogP contribution >= 0.6 is 24.0 Å². The van der Waals surface area contributed by atoms with E-state index in [0.29, 0.717) is 10.9 Å². The number of fused-ring (bicyclic) bond motifs is 1. The minimum Gasteiger partial charge on any atom is -0.381 e. The summed E-state index contributed by atoms with van der Waals surface area (Å²) in [5.41, 5.74) is 2.69. The lowest BCUT2D eigenvalue weighted by Gasteiger charge is -2.34. The number of anilines is 1. The second-order valence-corrected chi connectivity index (χ2v) is 8.85. The predicted octanol–water partition coefficient (Wildman–Crippen LogP) is 4.06. The number of aromatic nitrogens is 4. The van der Waals surface area contributed by atoms with Gasteiger partial charge in [-0.1, -0.05) is 30.7 Å². The smallest absolute Gasteiger partial charge is 0.166 e. The lowest BCUT2D eigenvalue weighted by Crippen LogP contribution is -2.46. The van der Waals surface area contributed by atoms with Crippen LogP contribution in [0.15, 0.2) is 24.3 Å². The molecular formula is C23H30Cl2N6O. The lowest BCUT2D eigenvalue weighted by atomic mass is 10.1. The summed E-state index contributed by atoms with van der Waals surface area (Å²) in [6.45, 7) is 11.7. The Hall–Kier alpha value is -1.93. The molecule has 0 radical (unpaired) electrons. The van der Waals surface area contributed by atoms with Gasteiger partial charge in [0.1, 0.15) is 11.6 Å². The quantitative estimate of drug-likeness (QED) is 0.553. The van der Waals surface area contributed by atoms with Gasteiger partial charge in [-0.2, -0.15) is 0 Å². The first-order valence-corrected chi connectivity index (χ1v) is 11.6. The molecule has 3 aromatic rings. The molecule has 0 amide bonds. The number of halogens is 2. The molecule has 5 rings (SSSR count). The van der Waals surface area contributed by atoms with Gasteiger partial charge in [0.15, 0.2) is 17.0 Å². The largest absolute Gasteiger partial charge is 0.381 e. The van der Waals surface area contributed by atoms with E-state index < -0.39 is 0 Å². The van der Waals surface area contributed by atoms with Crippen LogP contribution in [0.2, 0.25) is 5.02 Å². The van der Waals surface area contributed by atoms with E-state index >= 15 is 0 Å². The molecule has 9 heteroatoms. The summed E-state index contributed by atoms with van der Waals surface area (Å²) in [6, 6.07) is 7.91. The highest BCUT2D eigenvalue weighted by molar-refractivity contribution is 6.33. The van der Waals surface area contributed by atoms with E-state index in [-0.39, 0.29) is 12.4 Å². The average molecular weight is 477 g/mol. The number of rotatable bonds is 5. The van der Waals surface area contributed by atoms with Crippen LogP contribution in [0.5, 0.6) is 0 Å². The molecule has 1 atom stereocenters. The Labute approximate surface area is 200 Å². The molecular weight excluding hydrogens is 447 g/mol. The van der Waals surface area contributed by atoms with Crippen molar-refractivity contribution in [3.05, 3.63) is 35.1 Å². The van der Waals surface area contributed by atoms with Crippen LogP contribution in [0.1, 0.15) is 19.2 Å². The van der Waals surface area contributed by atoms with Crippen LogP contribution in [0.3, 0.4) is 0 Å². The van der Waals surface area contributed by atoms with Gasteiger partial charge in [0.2, 0.25) is 0 Å². The second-order valence-electron chi connectivity index (χ2n) is 8.44. The molecule has 7 nitrogen and oxygen atoms in total. The van der Waals surface area contributed by atoms with Crippen LogP contribution in [0.25, 0.3) is 22.6 Å². The normalized spacial score (nSPS) is 19.5. The summed E-state index contributed by atoms with van der Waals surface area (Å²) in [7, 11) is 0. The predicted molar refractivity (Wildman–Crippen MR) is 131 cm³/mol. The summed E-state index contributed by atoms with van der Waals surface area (Å²) in [5, 5.41) is 0.699. The van der Waals surface area contributed by atoms with E-state index in [9.17, 15) is 0 Å². The molecule has 2 fully saturated rings. The molecule has 2 saturated heterocycles. The van der Waals surface area contributed by atoms with E-state index in [1.165, 1.54) is 0 Å². The monoisotopic (exact) mass is 476 g/mol. The molecule has 4 heterocycles. The molecule has 0 aliphatic carbocycles. The summed E-state index contributed by atoms with van der Waals surface area (Å²) in [4.78, 5) is 19.6. The van der Waals surface area contributed by atoms with E-state index in [0.717, 1.165) is 93.1 Å². The van der Waals surface area contributed by atoms with Gasteiger partial charge in [-0.25, -0.2) is 15.0 Å². The number of hydrogen-bond acceptors (Lipinski definition) is 6. The van der Waals surface area contributed by atoms with Gasteiger partial charge in [0.25, 0.3) is 0 Å². The molecule has 0 saturated carbocycles. The average Bonchev–Trinajstić information content (AvgIpc) is 3.42. The fraction of sp³-hybridized carbons (Fsp3) is 0.522. The van der Waals surface area contributed by atoms with Gasteiger partial charge >= 0.3 is 0 Å². The van der Waals surface area contributed by atoms with Crippen LogP contribution in [0, 0.1) is 12.8 Å². The van der Waals surface area contributed by atoms with Crippen molar-refractivity contribution in [2.75, 3.05) is 50.8 Å². The Kier molecular flexibility index (Phi) is 7.20. The maximum absolute atomic E-state index is 6.60. The molecule has 172 valence electrons. The van der Waals surface area contributed by atoms with Gasteiger partial charge in [-0.05, 0) is 32.0 Å². The standard InChI is InChI=1S/C23H29ClN6O.ClH/c1-3-28-9-11-29(12-10-28)22-20-23(26-16(2)25-22)30(14-17-8-13-31-15-17)21(27-20)18-6-4-5-7-19(18)24;/h4-7,17H,3,8-15H2,1-2H3;1H. The Morgan fingerprint density at radius 1 is 1.09 bits per heavy atom. The van der Waals surface area contributed by atoms with Crippen molar-refractivity contribution in [1.29, 1.82) is 0 Å². The fourth-order valence-corrected chi connectivity index (χ4v) is 4.82. The maximum atomic E-state index is 6.60. The minimum atomic E-state index is 0. The molecule has 2 aromatic heterocycles. The minimum absolute atomic E-state index is 0. The van der Waals surface area contributed by atoms with Crippen molar-refractivity contribution >= 4 is 41.0 Å². The number of piperazine rings is 1. The van der Waals surface area contributed by atoms with Crippen molar-refractivity contribution in [2.45, 2.75) is 26.8 Å². The molecule has 0 bridgehead atoms. The van der Waals surface area contributed by atoms with Gasteiger partial charge in [0.05, 0.1) is 11.6 Å². The Morgan fingerprint density at radius 2 is 1.88 bits per heavy atom. The van der Waals surface area contributed by atoms with E-state index in [1.54, 1.807) is 0 Å². The van der Waals surface area contributed by atoms with Gasteiger partial charge in [0, 0.05) is 50.8 Å². The Bertz CT molecular complexity index is 1070.